The molecule has 1 atom stereocenters. The first-order valence-electron chi connectivity index (χ1n) is 6.98. The van der Waals surface area contributed by atoms with Gasteiger partial charge < -0.3 is 10.6 Å². The van der Waals surface area contributed by atoms with Gasteiger partial charge in [0.05, 0.1) is 0 Å². The Morgan fingerprint density at radius 2 is 1.50 bits per heavy atom. The van der Waals surface area contributed by atoms with Crippen LogP contribution < -0.4 is 5.73 Å². The highest BCUT2D eigenvalue weighted by Gasteiger charge is 2.53. The summed E-state index contributed by atoms with van der Waals surface area (Å²) in [5.41, 5.74) is 7.06. The Bertz CT molecular complexity index is 237. The molecule has 4 fully saturated rings. The molecule has 0 saturated heterocycles. The van der Waals surface area contributed by atoms with Crippen molar-refractivity contribution in [3.63, 3.8) is 0 Å². The summed E-state index contributed by atoms with van der Waals surface area (Å²) in [6, 6.07) is 0.413. The molecule has 4 rings (SSSR count). The number of nitrogens with two attached hydrogens (primary N) is 1. The third-order valence-corrected chi connectivity index (χ3v) is 5.43. The average Bonchev–Trinajstić information content (AvgIpc) is 2.13. The Hall–Kier alpha value is -0.0800. The molecule has 0 radical (unpaired) electrons. The van der Waals surface area contributed by atoms with Gasteiger partial charge in [-0.1, -0.05) is 0 Å². The predicted octanol–water partition coefficient (Wildman–Crippen LogP) is 2.09. The number of nitrogens with zero attached hydrogens (tertiary/aromatic N) is 1. The lowest BCUT2D eigenvalue weighted by Crippen LogP contribution is -2.57. The first-order chi connectivity index (χ1) is 7.57. The van der Waals surface area contributed by atoms with E-state index in [4.69, 9.17) is 5.73 Å². The Balaban J connectivity index is 1.77. The van der Waals surface area contributed by atoms with Gasteiger partial charge in [-0.2, -0.15) is 0 Å². The maximum atomic E-state index is 6.53. The number of rotatable bonds is 3. The van der Waals surface area contributed by atoms with Crippen LogP contribution in [0.1, 0.15) is 38.5 Å². The van der Waals surface area contributed by atoms with Crippen LogP contribution in [0.3, 0.4) is 0 Å². The highest BCUT2D eigenvalue weighted by molar-refractivity contribution is 5.05. The fraction of sp³-hybridized carbons (Fsp3) is 1.00. The summed E-state index contributed by atoms with van der Waals surface area (Å²) in [6.07, 6.45) is 8.88. The number of likely N-dealkylation sites (N-methyl/N-ethyl adjacent to an activating group) is 1. The first-order valence-corrected chi connectivity index (χ1v) is 6.98. The van der Waals surface area contributed by atoms with Crippen LogP contribution in [0.2, 0.25) is 0 Å². The largest absolute Gasteiger partial charge is 0.326 e. The standard InChI is InChI=1S/C14H26N2/c1-16(2)9-13(15)14-6-10-3-11(7-14)5-12(4-10)8-14/h10-13H,3-9,15H2,1-2H3/t10?,11?,12?,13-,14?/m1/s1. The molecule has 0 aromatic rings. The Labute approximate surface area is 99.6 Å². The van der Waals surface area contributed by atoms with E-state index in [-0.39, 0.29) is 0 Å². The fourth-order valence-electron chi connectivity index (χ4n) is 5.22. The number of hydrogen-bond donors (Lipinski definition) is 1. The molecule has 0 aromatic carbocycles. The molecular formula is C14H26N2. The summed E-state index contributed by atoms with van der Waals surface area (Å²) in [5, 5.41) is 0. The van der Waals surface area contributed by atoms with Gasteiger partial charge in [0, 0.05) is 12.6 Å². The monoisotopic (exact) mass is 222 g/mol. The molecule has 0 aliphatic heterocycles. The van der Waals surface area contributed by atoms with Gasteiger partial charge >= 0.3 is 0 Å². The van der Waals surface area contributed by atoms with Crippen LogP contribution in [0.4, 0.5) is 0 Å². The third kappa shape index (κ3) is 1.70. The lowest BCUT2D eigenvalue weighted by molar-refractivity contribution is -0.0698. The third-order valence-electron chi connectivity index (χ3n) is 5.43. The first kappa shape index (κ1) is 11.0. The van der Waals surface area contributed by atoms with Gasteiger partial charge in [0.25, 0.3) is 0 Å². The van der Waals surface area contributed by atoms with Crippen molar-refractivity contribution in [2.24, 2.45) is 28.9 Å². The van der Waals surface area contributed by atoms with Crippen molar-refractivity contribution in [2.75, 3.05) is 20.6 Å². The van der Waals surface area contributed by atoms with E-state index in [9.17, 15) is 0 Å². The van der Waals surface area contributed by atoms with Crippen LogP contribution in [-0.2, 0) is 0 Å². The summed E-state index contributed by atoms with van der Waals surface area (Å²) in [4.78, 5) is 2.27. The van der Waals surface area contributed by atoms with Gasteiger partial charge in [0.1, 0.15) is 0 Å². The molecule has 92 valence electrons. The van der Waals surface area contributed by atoms with E-state index in [2.05, 4.69) is 19.0 Å². The van der Waals surface area contributed by atoms with Crippen LogP contribution in [0, 0.1) is 23.2 Å². The van der Waals surface area contributed by atoms with E-state index < -0.39 is 0 Å². The van der Waals surface area contributed by atoms with E-state index >= 15 is 0 Å². The highest BCUT2D eigenvalue weighted by atomic mass is 15.1. The molecular weight excluding hydrogens is 196 g/mol. The average molecular weight is 222 g/mol. The Kier molecular flexibility index (Phi) is 2.56. The van der Waals surface area contributed by atoms with Gasteiger partial charge in [0.15, 0.2) is 0 Å². The van der Waals surface area contributed by atoms with Crippen molar-refractivity contribution in [3.05, 3.63) is 0 Å². The second kappa shape index (κ2) is 3.71. The van der Waals surface area contributed by atoms with Crippen molar-refractivity contribution in [1.29, 1.82) is 0 Å². The van der Waals surface area contributed by atoms with Crippen molar-refractivity contribution in [2.45, 2.75) is 44.6 Å². The molecule has 2 nitrogen and oxygen atoms in total. The van der Waals surface area contributed by atoms with Crippen molar-refractivity contribution in [1.82, 2.24) is 4.90 Å². The Morgan fingerprint density at radius 1 is 1.06 bits per heavy atom. The maximum Gasteiger partial charge on any atom is 0.0225 e. The van der Waals surface area contributed by atoms with Gasteiger partial charge in [0.2, 0.25) is 0 Å². The zero-order valence-electron chi connectivity index (χ0n) is 10.8. The quantitative estimate of drug-likeness (QED) is 0.792. The minimum atomic E-state index is 0.413. The second-order valence-corrected chi connectivity index (χ2v) is 7.15. The molecule has 16 heavy (non-hydrogen) atoms. The second-order valence-electron chi connectivity index (χ2n) is 7.15. The molecule has 4 aliphatic carbocycles. The number of hydrogen-bond acceptors (Lipinski definition) is 2. The van der Waals surface area contributed by atoms with E-state index in [0.717, 1.165) is 24.3 Å². The molecule has 2 N–H and O–H groups in total. The SMILES string of the molecule is CN(C)C[C@@H](N)C12CC3CC(CC(C3)C1)C2. The minimum Gasteiger partial charge on any atom is -0.326 e. The summed E-state index contributed by atoms with van der Waals surface area (Å²) in [6.45, 7) is 1.08. The van der Waals surface area contributed by atoms with E-state index in [1.165, 1.54) is 38.5 Å². The zero-order valence-corrected chi connectivity index (χ0v) is 10.8. The minimum absolute atomic E-state index is 0.413. The maximum absolute atomic E-state index is 6.53. The van der Waals surface area contributed by atoms with Crippen molar-refractivity contribution in [3.8, 4) is 0 Å². The van der Waals surface area contributed by atoms with E-state index in [0.29, 0.717) is 11.5 Å². The lowest BCUT2D eigenvalue weighted by Gasteiger charge is -2.59. The smallest absolute Gasteiger partial charge is 0.0225 e. The lowest BCUT2D eigenvalue weighted by atomic mass is 9.48. The molecule has 0 heterocycles. The van der Waals surface area contributed by atoms with E-state index in [1.54, 1.807) is 0 Å². The molecule has 0 spiro atoms. The van der Waals surface area contributed by atoms with E-state index in [1.807, 2.05) is 0 Å². The summed E-state index contributed by atoms with van der Waals surface area (Å²) >= 11 is 0. The van der Waals surface area contributed by atoms with Crippen molar-refractivity contribution >= 4 is 0 Å². The van der Waals surface area contributed by atoms with Gasteiger partial charge in [-0.15, -0.1) is 0 Å². The summed E-state index contributed by atoms with van der Waals surface area (Å²) in [5.74, 6) is 3.08. The molecule has 0 unspecified atom stereocenters. The van der Waals surface area contributed by atoms with Gasteiger partial charge in [-0.25, -0.2) is 0 Å². The summed E-state index contributed by atoms with van der Waals surface area (Å²) in [7, 11) is 4.31. The molecule has 4 bridgehead atoms. The van der Waals surface area contributed by atoms with Crippen LogP contribution in [0.5, 0.6) is 0 Å². The molecule has 0 amide bonds. The topological polar surface area (TPSA) is 29.3 Å². The molecule has 2 heteroatoms. The van der Waals surface area contributed by atoms with Crippen LogP contribution in [-0.4, -0.2) is 31.6 Å². The zero-order chi connectivity index (χ0) is 11.3. The predicted molar refractivity (Wildman–Crippen MR) is 67.1 cm³/mol. The van der Waals surface area contributed by atoms with Crippen LogP contribution >= 0.6 is 0 Å². The highest BCUT2D eigenvalue weighted by Crippen LogP contribution is 2.60. The van der Waals surface area contributed by atoms with Crippen LogP contribution in [0.25, 0.3) is 0 Å². The molecule has 4 aliphatic rings. The Morgan fingerprint density at radius 3 is 1.88 bits per heavy atom. The van der Waals surface area contributed by atoms with Gasteiger partial charge in [-0.3, -0.25) is 0 Å². The summed E-state index contributed by atoms with van der Waals surface area (Å²) < 4.78 is 0. The van der Waals surface area contributed by atoms with Gasteiger partial charge in [-0.05, 0) is 75.8 Å². The van der Waals surface area contributed by atoms with Crippen LogP contribution in [0.15, 0.2) is 0 Å². The molecule has 4 saturated carbocycles. The fourth-order valence-corrected chi connectivity index (χ4v) is 5.22. The normalized spacial score (nSPS) is 47.6. The molecule has 0 aromatic heterocycles. The van der Waals surface area contributed by atoms with Crippen molar-refractivity contribution < 1.29 is 0 Å².